The van der Waals surface area contributed by atoms with E-state index in [0.29, 0.717) is 24.0 Å². The molecule has 1 saturated heterocycles. The third-order valence-electron chi connectivity index (χ3n) is 5.65. The SMILES string of the molecule is CN=C(NCc1ncc(-c2ccc(C)cc2)o1)NC1CCCN(c2ccccc2C#N)C1. The minimum absolute atomic E-state index is 0.231. The van der Waals surface area contributed by atoms with Crippen LogP contribution in [0.3, 0.4) is 0 Å². The largest absolute Gasteiger partial charge is 0.439 e. The Morgan fingerprint density at radius 3 is 2.84 bits per heavy atom. The van der Waals surface area contributed by atoms with Gasteiger partial charge in [0.2, 0.25) is 5.89 Å². The van der Waals surface area contributed by atoms with Gasteiger partial charge in [0.15, 0.2) is 11.7 Å². The minimum atomic E-state index is 0.231. The third kappa shape index (κ3) is 5.09. The highest BCUT2D eigenvalue weighted by atomic mass is 16.4. The first-order valence-electron chi connectivity index (χ1n) is 10.9. The van der Waals surface area contributed by atoms with Gasteiger partial charge in [-0.15, -0.1) is 0 Å². The second kappa shape index (κ2) is 10.0. The minimum Gasteiger partial charge on any atom is -0.439 e. The van der Waals surface area contributed by atoms with Gasteiger partial charge in [0.1, 0.15) is 6.07 Å². The number of oxazole rings is 1. The van der Waals surface area contributed by atoms with Crippen LogP contribution in [0.5, 0.6) is 0 Å². The first kappa shape index (κ1) is 21.4. The van der Waals surface area contributed by atoms with E-state index in [1.165, 1.54) is 5.56 Å². The molecule has 0 aliphatic carbocycles. The van der Waals surface area contributed by atoms with Crippen molar-refractivity contribution in [1.82, 2.24) is 15.6 Å². The number of aromatic nitrogens is 1. The summed E-state index contributed by atoms with van der Waals surface area (Å²) in [7, 11) is 1.76. The average Bonchev–Trinajstić information content (AvgIpc) is 3.31. The van der Waals surface area contributed by atoms with Gasteiger partial charge in [-0.1, -0.05) is 42.0 Å². The number of aliphatic imine (C=N–C) groups is 1. The molecule has 1 unspecified atom stereocenters. The molecule has 32 heavy (non-hydrogen) atoms. The number of aryl methyl sites for hydroxylation is 1. The first-order chi connectivity index (χ1) is 15.7. The molecule has 3 aromatic rings. The van der Waals surface area contributed by atoms with Crippen LogP contribution in [0, 0.1) is 18.3 Å². The van der Waals surface area contributed by atoms with E-state index in [9.17, 15) is 5.26 Å². The molecular formula is C25H28N6O. The third-order valence-corrected chi connectivity index (χ3v) is 5.65. The molecule has 7 heteroatoms. The normalized spacial score (nSPS) is 16.5. The lowest BCUT2D eigenvalue weighted by atomic mass is 10.0. The molecule has 7 nitrogen and oxygen atoms in total. The van der Waals surface area contributed by atoms with Gasteiger partial charge in [-0.05, 0) is 31.9 Å². The summed E-state index contributed by atoms with van der Waals surface area (Å²) in [5.41, 5.74) is 3.93. The summed E-state index contributed by atoms with van der Waals surface area (Å²) in [5, 5.41) is 16.2. The maximum atomic E-state index is 9.43. The lowest BCUT2D eigenvalue weighted by Crippen LogP contribution is -2.51. The Morgan fingerprint density at radius 2 is 2.06 bits per heavy atom. The molecule has 1 atom stereocenters. The van der Waals surface area contributed by atoms with Crippen LogP contribution in [0.25, 0.3) is 11.3 Å². The quantitative estimate of drug-likeness (QED) is 0.474. The Kier molecular flexibility index (Phi) is 6.71. The van der Waals surface area contributed by atoms with Gasteiger partial charge in [-0.2, -0.15) is 5.26 Å². The van der Waals surface area contributed by atoms with Gasteiger partial charge < -0.3 is 20.0 Å². The molecule has 164 valence electrons. The Labute approximate surface area is 188 Å². The van der Waals surface area contributed by atoms with Crippen LogP contribution >= 0.6 is 0 Å². The predicted octanol–water partition coefficient (Wildman–Crippen LogP) is 3.86. The molecule has 2 heterocycles. The molecule has 0 bridgehead atoms. The monoisotopic (exact) mass is 428 g/mol. The Morgan fingerprint density at radius 1 is 1.25 bits per heavy atom. The van der Waals surface area contributed by atoms with E-state index in [-0.39, 0.29) is 6.04 Å². The summed E-state index contributed by atoms with van der Waals surface area (Å²) < 4.78 is 5.90. The summed E-state index contributed by atoms with van der Waals surface area (Å²) in [6, 6.07) is 18.5. The number of piperidine rings is 1. The predicted molar refractivity (Wildman–Crippen MR) is 126 cm³/mol. The fraction of sp³-hybridized carbons (Fsp3) is 0.320. The number of nitriles is 1. The van der Waals surface area contributed by atoms with Crippen molar-refractivity contribution in [3.05, 3.63) is 71.7 Å². The summed E-state index contributed by atoms with van der Waals surface area (Å²) in [5.74, 6) is 2.07. The number of nitrogens with one attached hydrogen (secondary N) is 2. The van der Waals surface area contributed by atoms with Crippen molar-refractivity contribution in [2.75, 3.05) is 25.0 Å². The van der Waals surface area contributed by atoms with Gasteiger partial charge in [0, 0.05) is 31.7 Å². The van der Waals surface area contributed by atoms with Crippen molar-refractivity contribution < 1.29 is 4.42 Å². The maximum absolute atomic E-state index is 9.43. The van der Waals surface area contributed by atoms with Crippen molar-refractivity contribution in [2.45, 2.75) is 32.4 Å². The number of anilines is 1. The average molecular weight is 429 g/mol. The highest BCUT2D eigenvalue weighted by Crippen LogP contribution is 2.24. The first-order valence-corrected chi connectivity index (χ1v) is 10.9. The fourth-order valence-electron chi connectivity index (χ4n) is 3.95. The van der Waals surface area contributed by atoms with E-state index >= 15 is 0 Å². The molecule has 2 aromatic carbocycles. The highest BCUT2D eigenvalue weighted by Gasteiger charge is 2.22. The Hall–Kier alpha value is -3.79. The van der Waals surface area contributed by atoms with Gasteiger partial charge >= 0.3 is 0 Å². The van der Waals surface area contributed by atoms with Crippen LogP contribution in [0.2, 0.25) is 0 Å². The molecule has 1 aliphatic heterocycles. The van der Waals surface area contributed by atoms with Gasteiger partial charge in [-0.25, -0.2) is 4.98 Å². The van der Waals surface area contributed by atoms with Gasteiger partial charge in [0.05, 0.1) is 24.0 Å². The Balaban J connectivity index is 1.34. The van der Waals surface area contributed by atoms with Crippen LogP contribution in [0.4, 0.5) is 5.69 Å². The lowest BCUT2D eigenvalue weighted by molar-refractivity contribution is 0.462. The number of rotatable bonds is 5. The van der Waals surface area contributed by atoms with E-state index in [4.69, 9.17) is 4.42 Å². The topological polar surface area (TPSA) is 89.5 Å². The molecular weight excluding hydrogens is 400 g/mol. The van der Waals surface area contributed by atoms with Gasteiger partial charge in [0.25, 0.3) is 0 Å². The molecule has 1 aromatic heterocycles. The molecule has 0 amide bonds. The second-order valence-electron chi connectivity index (χ2n) is 7.97. The summed E-state index contributed by atoms with van der Waals surface area (Å²) in [4.78, 5) is 11.0. The number of nitrogens with zero attached hydrogens (tertiary/aromatic N) is 4. The highest BCUT2D eigenvalue weighted by molar-refractivity contribution is 5.80. The Bertz CT molecular complexity index is 1110. The van der Waals surface area contributed by atoms with Crippen LogP contribution in [0.1, 0.15) is 29.9 Å². The zero-order chi connectivity index (χ0) is 22.3. The van der Waals surface area contributed by atoms with Crippen molar-refractivity contribution in [2.24, 2.45) is 4.99 Å². The number of para-hydroxylation sites is 1. The van der Waals surface area contributed by atoms with E-state index in [1.807, 2.05) is 36.4 Å². The van der Waals surface area contributed by atoms with Crippen LogP contribution in [-0.2, 0) is 6.54 Å². The number of benzene rings is 2. The number of guanidine groups is 1. The molecule has 0 saturated carbocycles. The van der Waals surface area contributed by atoms with Crippen molar-refractivity contribution in [3.63, 3.8) is 0 Å². The smallest absolute Gasteiger partial charge is 0.214 e. The van der Waals surface area contributed by atoms with E-state index < -0.39 is 0 Å². The number of hydrogen-bond acceptors (Lipinski definition) is 5. The van der Waals surface area contributed by atoms with E-state index in [0.717, 1.165) is 42.9 Å². The summed E-state index contributed by atoms with van der Waals surface area (Å²) >= 11 is 0. The molecule has 1 aliphatic rings. The van der Waals surface area contributed by atoms with Gasteiger partial charge in [-0.3, -0.25) is 4.99 Å². The lowest BCUT2D eigenvalue weighted by Gasteiger charge is -2.35. The second-order valence-corrected chi connectivity index (χ2v) is 7.97. The zero-order valence-electron chi connectivity index (χ0n) is 18.5. The summed E-state index contributed by atoms with van der Waals surface area (Å²) in [6.45, 7) is 4.27. The molecule has 2 N–H and O–H groups in total. The van der Waals surface area contributed by atoms with Crippen LogP contribution in [-0.4, -0.2) is 37.1 Å². The molecule has 0 spiro atoms. The van der Waals surface area contributed by atoms with E-state index in [1.54, 1.807) is 13.2 Å². The molecule has 0 radical (unpaired) electrons. The van der Waals surface area contributed by atoms with Crippen molar-refractivity contribution >= 4 is 11.6 Å². The molecule has 4 rings (SSSR count). The maximum Gasteiger partial charge on any atom is 0.214 e. The fourth-order valence-corrected chi connectivity index (χ4v) is 3.95. The van der Waals surface area contributed by atoms with Crippen LogP contribution < -0.4 is 15.5 Å². The molecule has 1 fully saturated rings. The van der Waals surface area contributed by atoms with Crippen molar-refractivity contribution in [3.8, 4) is 17.4 Å². The van der Waals surface area contributed by atoms with Crippen molar-refractivity contribution in [1.29, 1.82) is 5.26 Å². The standard InChI is InChI=1S/C25H28N6O/c1-18-9-11-19(12-10-18)23-15-28-24(32-23)16-29-25(27-2)30-21-7-5-13-31(17-21)22-8-4-3-6-20(22)14-26/h3-4,6,8-12,15,21H,5,7,13,16-17H2,1-2H3,(H2,27,29,30). The summed E-state index contributed by atoms with van der Waals surface area (Å²) in [6.07, 6.45) is 3.85. The van der Waals surface area contributed by atoms with E-state index in [2.05, 4.69) is 50.6 Å². The zero-order valence-corrected chi connectivity index (χ0v) is 18.5. The van der Waals surface area contributed by atoms with Crippen LogP contribution in [0.15, 0.2) is 64.1 Å². The number of hydrogen-bond donors (Lipinski definition) is 2.